The molecule has 2 N–H and O–H groups in total. The van der Waals surface area contributed by atoms with Crippen LogP contribution in [0.15, 0.2) is 49.1 Å². The largest absolute Gasteiger partial charge is 0.496 e. The summed E-state index contributed by atoms with van der Waals surface area (Å²) in [6, 6.07) is 5.02. The number of alkyl halides is 2. The monoisotopic (exact) mass is 529 g/mol. The van der Waals surface area contributed by atoms with Crippen molar-refractivity contribution in [2.75, 3.05) is 30.4 Å². The molecular formula is C25H23F4N7O2. The molecule has 1 saturated heterocycles. The fraction of sp³-hybridized carbons (Fsp3) is 0.280. The van der Waals surface area contributed by atoms with Crippen LogP contribution in [0.25, 0.3) is 22.5 Å². The van der Waals surface area contributed by atoms with Crippen LogP contribution < -0.4 is 15.0 Å². The third-order valence-corrected chi connectivity index (χ3v) is 6.11. The van der Waals surface area contributed by atoms with Crippen molar-refractivity contribution in [1.29, 1.82) is 0 Å². The summed E-state index contributed by atoms with van der Waals surface area (Å²) in [7, 11) is 1.29. The highest BCUT2D eigenvalue weighted by Crippen LogP contribution is 2.35. The molecule has 3 aromatic heterocycles. The quantitative estimate of drug-likeness (QED) is 0.330. The van der Waals surface area contributed by atoms with E-state index in [1.807, 2.05) is 4.90 Å². The van der Waals surface area contributed by atoms with Gasteiger partial charge in [0.2, 0.25) is 0 Å². The Kier molecular flexibility index (Phi) is 7.09. The molecular weight excluding hydrogens is 506 g/mol. The molecule has 198 valence electrons. The van der Waals surface area contributed by atoms with Gasteiger partial charge in [0.05, 0.1) is 30.7 Å². The Balaban J connectivity index is 1.50. The molecule has 0 aliphatic carbocycles. The number of aromatic nitrogens is 5. The smallest absolute Gasteiger partial charge is 0.333 e. The number of anilines is 3. The number of methoxy groups -OCH3 is 1. The normalized spacial score (nSPS) is 15.7. The predicted octanol–water partition coefficient (Wildman–Crippen LogP) is 4.79. The number of hydrogen-bond acceptors (Lipinski definition) is 8. The van der Waals surface area contributed by atoms with Gasteiger partial charge < -0.3 is 20.1 Å². The van der Waals surface area contributed by atoms with E-state index >= 15 is 0 Å². The number of nitrogens with zero attached hydrogens (tertiary/aromatic N) is 6. The second-order valence-electron chi connectivity index (χ2n) is 8.67. The minimum Gasteiger partial charge on any atom is -0.496 e. The maximum absolute atomic E-state index is 14.6. The predicted molar refractivity (Wildman–Crippen MR) is 131 cm³/mol. The molecule has 4 heterocycles. The fourth-order valence-corrected chi connectivity index (χ4v) is 4.36. The third kappa shape index (κ3) is 5.23. The summed E-state index contributed by atoms with van der Waals surface area (Å²) in [6.07, 6.45) is 6.38. The molecule has 0 saturated carbocycles. The molecule has 38 heavy (non-hydrogen) atoms. The van der Waals surface area contributed by atoms with Crippen molar-refractivity contribution < 1.29 is 27.4 Å². The van der Waals surface area contributed by atoms with E-state index < -0.39 is 24.3 Å². The topological polar surface area (TPSA) is 101 Å². The molecule has 0 spiro atoms. The Morgan fingerprint density at radius 3 is 2.71 bits per heavy atom. The number of aliphatic hydroxyl groups excluding tert-OH is 1. The summed E-state index contributed by atoms with van der Waals surface area (Å²) < 4.78 is 60.1. The van der Waals surface area contributed by atoms with Gasteiger partial charge in [0.15, 0.2) is 5.82 Å². The summed E-state index contributed by atoms with van der Waals surface area (Å²) in [5.74, 6) is -1.12. The van der Waals surface area contributed by atoms with Gasteiger partial charge in [-0.2, -0.15) is 13.9 Å². The van der Waals surface area contributed by atoms with E-state index in [1.165, 1.54) is 31.9 Å². The molecule has 1 aliphatic rings. The highest BCUT2D eigenvalue weighted by Gasteiger charge is 2.23. The lowest BCUT2D eigenvalue weighted by Crippen LogP contribution is -2.38. The Hall–Kier alpha value is -4.26. The van der Waals surface area contributed by atoms with Crippen LogP contribution in [0.1, 0.15) is 19.4 Å². The number of hydrogen-bond donors (Lipinski definition) is 2. The van der Waals surface area contributed by atoms with Crippen LogP contribution in [0, 0.1) is 11.6 Å². The van der Waals surface area contributed by atoms with Crippen molar-refractivity contribution in [2.24, 2.45) is 0 Å². The number of nitrogens with one attached hydrogen (secondary N) is 1. The summed E-state index contributed by atoms with van der Waals surface area (Å²) in [4.78, 5) is 14.8. The Morgan fingerprint density at radius 1 is 1.13 bits per heavy atom. The van der Waals surface area contributed by atoms with Crippen molar-refractivity contribution in [3.8, 4) is 28.3 Å². The van der Waals surface area contributed by atoms with E-state index in [1.54, 1.807) is 12.1 Å². The van der Waals surface area contributed by atoms with Gasteiger partial charge in [-0.15, -0.1) is 0 Å². The highest BCUT2D eigenvalue weighted by molar-refractivity contribution is 5.80. The van der Waals surface area contributed by atoms with Crippen molar-refractivity contribution in [3.63, 3.8) is 0 Å². The van der Waals surface area contributed by atoms with Gasteiger partial charge in [-0.1, -0.05) is 0 Å². The van der Waals surface area contributed by atoms with Crippen molar-refractivity contribution in [3.05, 3.63) is 60.7 Å². The first-order valence-electron chi connectivity index (χ1n) is 11.7. The second-order valence-corrected chi connectivity index (χ2v) is 8.67. The van der Waals surface area contributed by atoms with Crippen LogP contribution >= 0.6 is 0 Å². The van der Waals surface area contributed by atoms with Gasteiger partial charge in [-0.25, -0.2) is 28.4 Å². The van der Waals surface area contributed by atoms with Gasteiger partial charge in [-0.3, -0.25) is 0 Å². The third-order valence-electron chi connectivity index (χ3n) is 6.11. The maximum Gasteiger partial charge on any atom is 0.333 e. The average Bonchev–Trinajstić information content (AvgIpc) is 3.39. The average molecular weight is 529 g/mol. The molecule has 4 aromatic rings. The number of benzene rings is 1. The molecule has 1 aliphatic heterocycles. The number of aliphatic hydroxyl groups is 1. The van der Waals surface area contributed by atoms with Gasteiger partial charge in [-0.05, 0) is 18.9 Å². The van der Waals surface area contributed by atoms with Crippen LogP contribution in [0.3, 0.4) is 0 Å². The first-order valence-corrected chi connectivity index (χ1v) is 11.7. The van der Waals surface area contributed by atoms with Crippen LogP contribution in [0.4, 0.5) is 34.9 Å². The Labute approximate surface area is 214 Å². The zero-order chi connectivity index (χ0) is 26.8. The number of piperidine rings is 1. The summed E-state index contributed by atoms with van der Waals surface area (Å²) in [6.45, 7) is -1.77. The first-order chi connectivity index (χ1) is 18.3. The SMILES string of the molecule is COc1cc(F)cc(F)c1-c1nccc(Nc2cc(N3CCC[C@H](O)C3)c(-c3cnn(C(F)F)c3)cn2)n1. The lowest BCUT2D eigenvalue weighted by atomic mass is 10.0. The molecule has 1 aromatic carbocycles. The standard InChI is InChI=1S/C25H23F4N7O2/c1-38-20-8-15(26)7-18(27)23(20)24-30-5-4-21(34-24)33-22-9-19(35-6-2-3-16(37)13-35)17(11-31-22)14-10-32-36(12-14)25(28)29/h4-5,7-12,16,25,37H,2-3,6,13H2,1H3,(H,30,31,33,34)/t16-/m0/s1. The summed E-state index contributed by atoms with van der Waals surface area (Å²) in [5.41, 5.74) is 1.58. The number of β-amino-alcohol motifs (C(OH)–C–C–N with tert-alkyl or cyclic N) is 1. The minimum atomic E-state index is -2.78. The van der Waals surface area contributed by atoms with E-state index in [0.29, 0.717) is 46.8 Å². The molecule has 0 amide bonds. The molecule has 0 bridgehead atoms. The highest BCUT2D eigenvalue weighted by atomic mass is 19.3. The molecule has 5 rings (SSSR count). The van der Waals surface area contributed by atoms with Gasteiger partial charge >= 0.3 is 6.55 Å². The van der Waals surface area contributed by atoms with Crippen molar-refractivity contribution >= 4 is 17.3 Å². The van der Waals surface area contributed by atoms with Gasteiger partial charge in [0, 0.05) is 61.0 Å². The van der Waals surface area contributed by atoms with E-state index in [0.717, 1.165) is 18.6 Å². The second kappa shape index (κ2) is 10.6. The number of pyridine rings is 1. The lowest BCUT2D eigenvalue weighted by molar-refractivity contribution is 0.0566. The molecule has 13 heteroatoms. The first kappa shape index (κ1) is 25.4. The van der Waals surface area contributed by atoms with E-state index in [4.69, 9.17) is 4.74 Å². The zero-order valence-electron chi connectivity index (χ0n) is 20.2. The molecule has 0 unspecified atom stereocenters. The van der Waals surface area contributed by atoms with Gasteiger partial charge in [0.25, 0.3) is 0 Å². The molecule has 0 radical (unpaired) electrons. The minimum absolute atomic E-state index is 0.0280. The summed E-state index contributed by atoms with van der Waals surface area (Å²) in [5, 5.41) is 17.0. The van der Waals surface area contributed by atoms with Crippen LogP contribution in [0.2, 0.25) is 0 Å². The Morgan fingerprint density at radius 2 is 1.97 bits per heavy atom. The maximum atomic E-state index is 14.6. The van der Waals surface area contributed by atoms with Crippen LogP contribution in [-0.4, -0.2) is 56.1 Å². The van der Waals surface area contributed by atoms with Crippen LogP contribution in [0.5, 0.6) is 5.75 Å². The van der Waals surface area contributed by atoms with Crippen molar-refractivity contribution in [1.82, 2.24) is 24.7 Å². The van der Waals surface area contributed by atoms with Gasteiger partial charge in [0.1, 0.15) is 29.0 Å². The van der Waals surface area contributed by atoms with Crippen molar-refractivity contribution in [2.45, 2.75) is 25.5 Å². The van der Waals surface area contributed by atoms with Crippen LogP contribution in [-0.2, 0) is 0 Å². The van der Waals surface area contributed by atoms with E-state index in [9.17, 15) is 22.7 Å². The van der Waals surface area contributed by atoms with E-state index in [-0.39, 0.29) is 23.0 Å². The number of rotatable bonds is 7. The van der Waals surface area contributed by atoms with E-state index in [2.05, 4.69) is 25.4 Å². The number of halogens is 4. The Bertz CT molecular complexity index is 1450. The zero-order valence-corrected chi connectivity index (χ0v) is 20.2. The molecule has 1 atom stereocenters. The fourth-order valence-electron chi connectivity index (χ4n) is 4.36. The molecule has 9 nitrogen and oxygen atoms in total. The number of ether oxygens (including phenoxy) is 1. The molecule has 1 fully saturated rings. The summed E-state index contributed by atoms with van der Waals surface area (Å²) >= 11 is 0. The lowest BCUT2D eigenvalue weighted by Gasteiger charge is -2.33.